The number of fused-ring (bicyclic) bond motifs is 1. The Balaban J connectivity index is 1.77. The number of nitrogens with two attached hydrogens (primary N) is 1. The number of amides is 1. The van der Waals surface area contributed by atoms with Crippen molar-refractivity contribution >= 4 is 11.6 Å². The van der Waals surface area contributed by atoms with Gasteiger partial charge in [0, 0.05) is 31.2 Å². The van der Waals surface area contributed by atoms with E-state index in [2.05, 4.69) is 4.90 Å². The first-order valence-corrected chi connectivity index (χ1v) is 7.23. The monoisotopic (exact) mass is 277 g/mol. The lowest BCUT2D eigenvalue weighted by Crippen LogP contribution is -2.39. The van der Waals surface area contributed by atoms with Crippen molar-refractivity contribution in [1.29, 1.82) is 0 Å². The molecule has 1 amide bonds. The van der Waals surface area contributed by atoms with Crippen molar-refractivity contribution in [2.75, 3.05) is 31.9 Å². The Labute approximate surface area is 118 Å². The summed E-state index contributed by atoms with van der Waals surface area (Å²) in [6, 6.07) is 4.79. The van der Waals surface area contributed by atoms with Gasteiger partial charge in [-0.2, -0.15) is 0 Å². The fourth-order valence-electron chi connectivity index (χ4n) is 3.23. The van der Waals surface area contributed by atoms with E-state index in [0.717, 1.165) is 39.0 Å². The predicted octanol–water partition coefficient (Wildman–Crippen LogP) is 1.72. The number of halogens is 1. The molecule has 3 rings (SSSR count). The molecule has 2 saturated heterocycles. The minimum absolute atomic E-state index is 0.0828. The topological polar surface area (TPSA) is 49.6 Å². The molecule has 5 heteroatoms. The molecule has 0 aromatic heterocycles. The van der Waals surface area contributed by atoms with Crippen LogP contribution in [0, 0.1) is 5.82 Å². The van der Waals surface area contributed by atoms with Crippen molar-refractivity contribution in [3.05, 3.63) is 29.6 Å². The zero-order valence-corrected chi connectivity index (χ0v) is 11.5. The van der Waals surface area contributed by atoms with Crippen LogP contribution in [0.3, 0.4) is 0 Å². The van der Waals surface area contributed by atoms with Gasteiger partial charge < -0.3 is 10.6 Å². The molecule has 0 saturated carbocycles. The Morgan fingerprint density at radius 3 is 2.85 bits per heavy atom. The second-order valence-electron chi connectivity index (χ2n) is 5.67. The minimum atomic E-state index is -0.520. The number of hydrogen-bond donors (Lipinski definition) is 1. The second-order valence-corrected chi connectivity index (χ2v) is 5.67. The van der Waals surface area contributed by atoms with Crippen LogP contribution in [0.25, 0.3) is 0 Å². The summed E-state index contributed by atoms with van der Waals surface area (Å²) in [7, 11) is 0. The molecule has 2 heterocycles. The molecule has 4 nitrogen and oxygen atoms in total. The maximum absolute atomic E-state index is 13.5. The lowest BCUT2D eigenvalue weighted by molar-refractivity contribution is 0.0743. The Morgan fingerprint density at radius 1 is 1.25 bits per heavy atom. The molecular formula is C15H20FN3O. The molecule has 2 N–H and O–H groups in total. The zero-order valence-electron chi connectivity index (χ0n) is 11.5. The highest BCUT2D eigenvalue weighted by molar-refractivity contribution is 5.94. The molecule has 1 atom stereocenters. The van der Waals surface area contributed by atoms with Crippen molar-refractivity contribution in [1.82, 2.24) is 9.80 Å². The van der Waals surface area contributed by atoms with E-state index in [4.69, 9.17) is 5.73 Å². The van der Waals surface area contributed by atoms with Crippen LogP contribution in [0.2, 0.25) is 0 Å². The molecule has 1 unspecified atom stereocenters. The van der Waals surface area contributed by atoms with Crippen LogP contribution in [-0.4, -0.2) is 47.9 Å². The molecule has 0 spiro atoms. The number of nitrogen functional groups attached to an aromatic ring is 1. The highest BCUT2D eigenvalue weighted by Gasteiger charge is 2.30. The Hall–Kier alpha value is -1.62. The van der Waals surface area contributed by atoms with E-state index >= 15 is 0 Å². The largest absolute Gasteiger partial charge is 0.396 e. The third kappa shape index (κ3) is 2.50. The van der Waals surface area contributed by atoms with E-state index in [1.807, 2.05) is 4.90 Å². The zero-order chi connectivity index (χ0) is 14.1. The van der Waals surface area contributed by atoms with Crippen LogP contribution in [0.5, 0.6) is 0 Å². The van der Waals surface area contributed by atoms with Gasteiger partial charge in [0.2, 0.25) is 0 Å². The van der Waals surface area contributed by atoms with Gasteiger partial charge in [-0.05, 0) is 44.0 Å². The van der Waals surface area contributed by atoms with Crippen molar-refractivity contribution in [3.8, 4) is 0 Å². The summed E-state index contributed by atoms with van der Waals surface area (Å²) in [6.45, 7) is 3.70. The summed E-state index contributed by atoms with van der Waals surface area (Å²) in [5.74, 6) is -0.606. The molecule has 20 heavy (non-hydrogen) atoms. The molecule has 2 aliphatic rings. The molecule has 108 valence electrons. The summed E-state index contributed by atoms with van der Waals surface area (Å²) in [4.78, 5) is 16.8. The van der Waals surface area contributed by atoms with Gasteiger partial charge in [0.15, 0.2) is 0 Å². The van der Waals surface area contributed by atoms with Crippen LogP contribution < -0.4 is 5.73 Å². The first-order chi connectivity index (χ1) is 9.65. The molecule has 2 fully saturated rings. The summed E-state index contributed by atoms with van der Waals surface area (Å²) in [5, 5.41) is 0. The van der Waals surface area contributed by atoms with E-state index in [1.54, 1.807) is 6.07 Å². The van der Waals surface area contributed by atoms with Crippen molar-refractivity contribution in [3.63, 3.8) is 0 Å². The fraction of sp³-hybridized carbons (Fsp3) is 0.533. The van der Waals surface area contributed by atoms with Crippen molar-refractivity contribution in [2.24, 2.45) is 0 Å². The SMILES string of the molecule is Nc1ccc(C(=O)N2CCCN3CCCC3C2)cc1F. The quantitative estimate of drug-likeness (QED) is 0.795. The van der Waals surface area contributed by atoms with Crippen LogP contribution in [0.4, 0.5) is 10.1 Å². The van der Waals surface area contributed by atoms with Gasteiger partial charge in [-0.3, -0.25) is 9.69 Å². The lowest BCUT2D eigenvalue weighted by Gasteiger charge is -2.25. The summed E-state index contributed by atoms with van der Waals surface area (Å²) in [5.41, 5.74) is 5.93. The molecule has 0 bridgehead atoms. The number of carbonyl (C=O) groups excluding carboxylic acids is 1. The number of rotatable bonds is 1. The molecule has 0 radical (unpaired) electrons. The minimum Gasteiger partial charge on any atom is -0.396 e. The Kier molecular flexibility index (Phi) is 3.61. The smallest absolute Gasteiger partial charge is 0.254 e. The first kappa shape index (κ1) is 13.4. The normalized spacial score (nSPS) is 23.4. The standard InChI is InChI=1S/C15H20FN3O/c16-13-9-11(4-5-14(13)17)15(20)19-8-2-7-18-6-1-3-12(18)10-19/h4-5,9,12H,1-3,6-8,10,17H2. The maximum Gasteiger partial charge on any atom is 0.254 e. The average molecular weight is 277 g/mol. The third-order valence-electron chi connectivity index (χ3n) is 4.34. The average Bonchev–Trinajstić information content (AvgIpc) is 2.78. The van der Waals surface area contributed by atoms with Gasteiger partial charge in [0.25, 0.3) is 5.91 Å². The van der Waals surface area contributed by atoms with Crippen LogP contribution >= 0.6 is 0 Å². The van der Waals surface area contributed by atoms with Gasteiger partial charge in [-0.15, -0.1) is 0 Å². The maximum atomic E-state index is 13.5. The second kappa shape index (κ2) is 5.40. The number of nitrogens with zero attached hydrogens (tertiary/aromatic N) is 2. The number of benzene rings is 1. The van der Waals surface area contributed by atoms with Crippen LogP contribution in [-0.2, 0) is 0 Å². The van der Waals surface area contributed by atoms with E-state index in [1.165, 1.54) is 18.6 Å². The van der Waals surface area contributed by atoms with Gasteiger partial charge in [-0.25, -0.2) is 4.39 Å². The Bertz CT molecular complexity index is 520. The third-order valence-corrected chi connectivity index (χ3v) is 4.34. The number of carbonyl (C=O) groups is 1. The van der Waals surface area contributed by atoms with Crippen molar-refractivity contribution in [2.45, 2.75) is 25.3 Å². The summed E-state index contributed by atoms with van der Waals surface area (Å²) < 4.78 is 13.5. The van der Waals surface area contributed by atoms with Gasteiger partial charge in [0.05, 0.1) is 5.69 Å². The van der Waals surface area contributed by atoms with E-state index < -0.39 is 5.82 Å². The van der Waals surface area contributed by atoms with E-state index in [9.17, 15) is 9.18 Å². The highest BCUT2D eigenvalue weighted by Crippen LogP contribution is 2.23. The molecule has 1 aromatic carbocycles. The summed E-state index contributed by atoms with van der Waals surface area (Å²) >= 11 is 0. The molecule has 0 aliphatic carbocycles. The van der Waals surface area contributed by atoms with Crippen molar-refractivity contribution < 1.29 is 9.18 Å². The lowest BCUT2D eigenvalue weighted by atomic mass is 10.1. The first-order valence-electron chi connectivity index (χ1n) is 7.23. The number of anilines is 1. The van der Waals surface area contributed by atoms with Gasteiger partial charge in [0.1, 0.15) is 5.82 Å². The van der Waals surface area contributed by atoms with Gasteiger partial charge >= 0.3 is 0 Å². The Morgan fingerprint density at radius 2 is 2.05 bits per heavy atom. The number of hydrogen-bond acceptors (Lipinski definition) is 3. The van der Waals surface area contributed by atoms with Gasteiger partial charge in [-0.1, -0.05) is 0 Å². The highest BCUT2D eigenvalue weighted by atomic mass is 19.1. The predicted molar refractivity (Wildman–Crippen MR) is 75.9 cm³/mol. The van der Waals surface area contributed by atoms with E-state index in [-0.39, 0.29) is 11.6 Å². The van der Waals surface area contributed by atoms with E-state index in [0.29, 0.717) is 11.6 Å². The fourth-order valence-corrected chi connectivity index (χ4v) is 3.23. The van der Waals surface area contributed by atoms with Crippen LogP contribution in [0.1, 0.15) is 29.6 Å². The summed E-state index contributed by atoms with van der Waals surface area (Å²) in [6.07, 6.45) is 3.35. The van der Waals surface area contributed by atoms with Crippen LogP contribution in [0.15, 0.2) is 18.2 Å². The molecular weight excluding hydrogens is 257 g/mol. The molecule has 2 aliphatic heterocycles. The molecule has 1 aromatic rings.